The fraction of sp³-hybridized carbons (Fsp3) is 0.308. The van der Waals surface area contributed by atoms with E-state index < -0.39 is 70.3 Å². The fourth-order valence-corrected chi connectivity index (χ4v) is 4.12. The Morgan fingerprint density at radius 3 is 1.15 bits per heavy atom. The summed E-state index contributed by atoms with van der Waals surface area (Å²) in [6.07, 6.45) is -22.2. The van der Waals surface area contributed by atoms with Gasteiger partial charge < -0.3 is 9.47 Å². The lowest BCUT2D eigenvalue weighted by atomic mass is 9.91. The van der Waals surface area contributed by atoms with E-state index in [0.29, 0.717) is 24.3 Å². The standard InChI is InChI=1S/C26H16F12O2/c1-39-11-21-22(40-21)16-3-12(14-5-17(23(27,28)29)9-18(6-14)24(30,31)32)2-13(4-16)15-7-19(25(33,34)35)10-20(8-15)26(36,37)38/h2-10,21-22H,11H2,1H3/t21-,22+/m0/s1. The molecule has 1 fully saturated rings. The van der Waals surface area contributed by atoms with Crippen LogP contribution in [0.4, 0.5) is 52.7 Å². The molecule has 0 aromatic heterocycles. The quantitative estimate of drug-likeness (QED) is 0.219. The maximum absolute atomic E-state index is 13.4. The summed E-state index contributed by atoms with van der Waals surface area (Å²) in [6, 6.07) is 4.68. The molecule has 0 aliphatic carbocycles. The van der Waals surface area contributed by atoms with Crippen LogP contribution in [0.5, 0.6) is 0 Å². The Morgan fingerprint density at radius 2 is 0.850 bits per heavy atom. The van der Waals surface area contributed by atoms with Crippen LogP contribution >= 0.6 is 0 Å². The van der Waals surface area contributed by atoms with E-state index in [1.54, 1.807) is 0 Å². The fourth-order valence-electron chi connectivity index (χ4n) is 4.12. The zero-order chi connectivity index (χ0) is 29.8. The molecule has 1 aliphatic rings. The third kappa shape index (κ3) is 6.54. The molecule has 0 saturated carbocycles. The number of halogens is 12. The van der Waals surface area contributed by atoms with Crippen LogP contribution in [0, 0.1) is 0 Å². The minimum atomic E-state index is -5.19. The minimum absolute atomic E-state index is 0.0216. The topological polar surface area (TPSA) is 21.8 Å². The van der Waals surface area contributed by atoms with Gasteiger partial charge in [0.25, 0.3) is 0 Å². The molecule has 0 amide bonds. The third-order valence-electron chi connectivity index (χ3n) is 6.04. The Balaban J connectivity index is 1.97. The number of rotatable bonds is 5. The molecule has 1 saturated heterocycles. The number of alkyl halides is 12. The van der Waals surface area contributed by atoms with Gasteiger partial charge in [-0.3, -0.25) is 0 Å². The van der Waals surface area contributed by atoms with E-state index in [2.05, 4.69) is 0 Å². The van der Waals surface area contributed by atoms with Crippen LogP contribution in [0.1, 0.15) is 33.9 Å². The molecule has 14 heteroatoms. The second-order valence-corrected chi connectivity index (χ2v) is 8.98. The molecular weight excluding hydrogens is 572 g/mol. The monoisotopic (exact) mass is 588 g/mol. The predicted molar refractivity (Wildman–Crippen MR) is 117 cm³/mol. The van der Waals surface area contributed by atoms with Crippen LogP contribution in [0.3, 0.4) is 0 Å². The van der Waals surface area contributed by atoms with Crippen LogP contribution in [0.25, 0.3) is 22.3 Å². The Kier molecular flexibility index (Phi) is 7.41. The molecule has 216 valence electrons. The molecule has 0 N–H and O–H groups in total. The van der Waals surface area contributed by atoms with E-state index in [1.807, 2.05) is 0 Å². The van der Waals surface area contributed by atoms with Crippen molar-refractivity contribution in [2.24, 2.45) is 0 Å². The molecule has 1 aliphatic heterocycles. The maximum atomic E-state index is 13.4. The van der Waals surface area contributed by atoms with Crippen molar-refractivity contribution in [2.45, 2.75) is 36.9 Å². The molecule has 3 aromatic carbocycles. The van der Waals surface area contributed by atoms with E-state index in [9.17, 15) is 52.7 Å². The van der Waals surface area contributed by atoms with Gasteiger partial charge in [0.1, 0.15) is 12.2 Å². The smallest absolute Gasteiger partial charge is 0.382 e. The highest BCUT2D eigenvalue weighted by molar-refractivity contribution is 5.76. The molecule has 0 spiro atoms. The Hall–Kier alpha value is -3.26. The number of epoxide rings is 1. The average Bonchev–Trinajstić information content (AvgIpc) is 3.60. The van der Waals surface area contributed by atoms with E-state index >= 15 is 0 Å². The Bertz CT molecular complexity index is 1240. The van der Waals surface area contributed by atoms with Crippen LogP contribution < -0.4 is 0 Å². The molecular formula is C26H16F12O2. The first-order chi connectivity index (χ1) is 18.3. The molecule has 0 bridgehead atoms. The molecule has 2 nitrogen and oxygen atoms in total. The van der Waals surface area contributed by atoms with Gasteiger partial charge in [0.2, 0.25) is 0 Å². The lowest BCUT2D eigenvalue weighted by Crippen LogP contribution is -2.11. The highest BCUT2D eigenvalue weighted by atomic mass is 19.4. The van der Waals surface area contributed by atoms with E-state index in [4.69, 9.17) is 9.47 Å². The molecule has 2 atom stereocenters. The SMILES string of the molecule is COC[C@@H]1O[C@@H]1c1cc(-c2cc(C(F)(F)F)cc(C(F)(F)F)c2)cc(-c2cc(C(F)(F)F)cc(C(F)(F)F)c2)c1. The van der Waals surface area contributed by atoms with Gasteiger partial charge >= 0.3 is 24.7 Å². The summed E-state index contributed by atoms with van der Waals surface area (Å²) in [6.45, 7) is 0.0216. The van der Waals surface area contributed by atoms with Crippen LogP contribution in [0.2, 0.25) is 0 Å². The minimum Gasteiger partial charge on any atom is -0.382 e. The normalized spacial score (nSPS) is 18.2. The van der Waals surface area contributed by atoms with Gasteiger partial charge in [-0.25, -0.2) is 0 Å². The Morgan fingerprint density at radius 1 is 0.525 bits per heavy atom. The Labute approximate surface area is 218 Å². The van der Waals surface area contributed by atoms with Crippen molar-refractivity contribution in [1.29, 1.82) is 0 Å². The van der Waals surface area contributed by atoms with Crippen molar-refractivity contribution in [3.05, 3.63) is 82.4 Å². The van der Waals surface area contributed by atoms with Gasteiger partial charge in [-0.1, -0.05) is 0 Å². The van der Waals surface area contributed by atoms with Gasteiger partial charge in [-0.2, -0.15) is 52.7 Å². The molecule has 4 rings (SSSR count). The van der Waals surface area contributed by atoms with Crippen molar-refractivity contribution < 1.29 is 62.2 Å². The van der Waals surface area contributed by atoms with Gasteiger partial charge in [0.05, 0.1) is 28.9 Å². The van der Waals surface area contributed by atoms with Gasteiger partial charge in [0.15, 0.2) is 0 Å². The van der Waals surface area contributed by atoms with Gasteiger partial charge in [-0.05, 0) is 82.4 Å². The highest BCUT2D eigenvalue weighted by Gasteiger charge is 2.42. The molecule has 0 unspecified atom stereocenters. The number of ether oxygens (including phenoxy) is 2. The maximum Gasteiger partial charge on any atom is 0.416 e. The number of methoxy groups -OCH3 is 1. The lowest BCUT2D eigenvalue weighted by Gasteiger charge is -2.17. The first-order valence-corrected chi connectivity index (χ1v) is 11.2. The number of benzene rings is 3. The largest absolute Gasteiger partial charge is 0.416 e. The first kappa shape index (κ1) is 29.7. The third-order valence-corrected chi connectivity index (χ3v) is 6.04. The van der Waals surface area contributed by atoms with E-state index in [-0.39, 0.29) is 35.4 Å². The zero-order valence-corrected chi connectivity index (χ0v) is 19.9. The summed E-state index contributed by atoms with van der Waals surface area (Å²) >= 11 is 0. The van der Waals surface area contributed by atoms with Gasteiger partial charge in [-0.15, -0.1) is 0 Å². The van der Waals surface area contributed by atoms with Crippen molar-refractivity contribution >= 4 is 0 Å². The first-order valence-electron chi connectivity index (χ1n) is 11.2. The van der Waals surface area contributed by atoms with Crippen molar-refractivity contribution in [2.75, 3.05) is 13.7 Å². The second kappa shape index (κ2) is 9.98. The van der Waals surface area contributed by atoms with Gasteiger partial charge in [0, 0.05) is 7.11 Å². The zero-order valence-electron chi connectivity index (χ0n) is 19.9. The van der Waals surface area contributed by atoms with Crippen LogP contribution in [0.15, 0.2) is 54.6 Å². The van der Waals surface area contributed by atoms with Crippen LogP contribution in [-0.4, -0.2) is 19.8 Å². The van der Waals surface area contributed by atoms with Crippen LogP contribution in [-0.2, 0) is 34.2 Å². The predicted octanol–water partition coefficient (Wildman–Crippen LogP) is 9.18. The summed E-state index contributed by atoms with van der Waals surface area (Å²) in [7, 11) is 1.32. The summed E-state index contributed by atoms with van der Waals surface area (Å²) < 4.78 is 172. The molecule has 3 aromatic rings. The summed E-state index contributed by atoms with van der Waals surface area (Å²) in [4.78, 5) is 0. The highest BCUT2D eigenvalue weighted by Crippen LogP contribution is 2.45. The van der Waals surface area contributed by atoms with E-state index in [0.717, 1.165) is 18.2 Å². The summed E-state index contributed by atoms with van der Waals surface area (Å²) in [5.41, 5.74) is -8.36. The van der Waals surface area contributed by atoms with Crippen molar-refractivity contribution in [1.82, 2.24) is 0 Å². The second-order valence-electron chi connectivity index (χ2n) is 8.98. The molecule has 40 heavy (non-hydrogen) atoms. The molecule has 1 heterocycles. The number of hydrogen-bond donors (Lipinski definition) is 0. The summed E-state index contributed by atoms with van der Waals surface area (Å²) in [5, 5.41) is 0. The van der Waals surface area contributed by atoms with Crippen molar-refractivity contribution in [3.63, 3.8) is 0 Å². The summed E-state index contributed by atoms with van der Waals surface area (Å²) in [5.74, 6) is 0. The number of hydrogen-bond acceptors (Lipinski definition) is 2. The van der Waals surface area contributed by atoms with Crippen molar-refractivity contribution in [3.8, 4) is 22.3 Å². The lowest BCUT2D eigenvalue weighted by molar-refractivity contribution is -0.144. The van der Waals surface area contributed by atoms with E-state index in [1.165, 1.54) is 7.11 Å². The molecule has 0 radical (unpaired) electrons. The average molecular weight is 588 g/mol.